The summed E-state index contributed by atoms with van der Waals surface area (Å²) in [6.45, 7) is 2.70. The van der Waals surface area contributed by atoms with Crippen molar-refractivity contribution in [1.82, 2.24) is 9.29 Å². The molecule has 2 aromatic rings. The number of rotatable bonds is 6. The lowest BCUT2D eigenvalue weighted by Crippen LogP contribution is -2.23. The lowest BCUT2D eigenvalue weighted by Gasteiger charge is -2.17. The van der Waals surface area contributed by atoms with Gasteiger partial charge in [-0.2, -0.15) is 0 Å². The largest absolute Gasteiger partial charge is 0.383 e. The van der Waals surface area contributed by atoms with Crippen molar-refractivity contribution in [2.45, 2.75) is 17.7 Å². The monoisotopic (exact) mass is 325 g/mol. The lowest BCUT2D eigenvalue weighted by atomic mass is 10.2. The van der Waals surface area contributed by atoms with Gasteiger partial charge in [-0.1, -0.05) is 19.1 Å². The van der Waals surface area contributed by atoms with Crippen LogP contribution in [-0.4, -0.2) is 38.3 Å². The van der Waals surface area contributed by atoms with Crippen molar-refractivity contribution in [2.75, 3.05) is 26.0 Å². The highest BCUT2D eigenvalue weighted by Crippen LogP contribution is 2.25. The molecule has 1 aromatic carbocycles. The van der Waals surface area contributed by atoms with Crippen LogP contribution in [0.3, 0.4) is 0 Å². The van der Waals surface area contributed by atoms with E-state index in [1.54, 1.807) is 35.7 Å². The first-order valence-electron chi connectivity index (χ1n) is 6.57. The second-order valence-electron chi connectivity index (χ2n) is 4.94. The molecule has 1 heterocycles. The SMILES string of the molecule is CC(CNc1ccccc1S(=O)(=O)N(C)C)c1nccs1. The van der Waals surface area contributed by atoms with E-state index in [2.05, 4.69) is 17.2 Å². The number of aromatic nitrogens is 1. The highest BCUT2D eigenvalue weighted by Gasteiger charge is 2.21. The quantitative estimate of drug-likeness (QED) is 0.887. The van der Waals surface area contributed by atoms with Gasteiger partial charge in [0.25, 0.3) is 0 Å². The number of anilines is 1. The third-order valence-electron chi connectivity index (χ3n) is 3.12. The van der Waals surface area contributed by atoms with Gasteiger partial charge in [0, 0.05) is 38.1 Å². The summed E-state index contributed by atoms with van der Waals surface area (Å²) in [5.74, 6) is 0.222. The van der Waals surface area contributed by atoms with Crippen LogP contribution in [0.2, 0.25) is 0 Å². The molecule has 0 saturated carbocycles. The van der Waals surface area contributed by atoms with E-state index in [0.29, 0.717) is 17.1 Å². The lowest BCUT2D eigenvalue weighted by molar-refractivity contribution is 0.521. The van der Waals surface area contributed by atoms with Gasteiger partial charge >= 0.3 is 0 Å². The number of nitrogens with zero attached hydrogens (tertiary/aromatic N) is 2. The van der Waals surface area contributed by atoms with Crippen LogP contribution in [0.25, 0.3) is 0 Å². The van der Waals surface area contributed by atoms with Crippen LogP contribution in [-0.2, 0) is 10.0 Å². The van der Waals surface area contributed by atoms with Crippen molar-refractivity contribution in [3.8, 4) is 0 Å². The second-order valence-corrected chi connectivity index (χ2v) is 7.98. The van der Waals surface area contributed by atoms with Crippen LogP contribution >= 0.6 is 11.3 Å². The number of nitrogens with one attached hydrogen (secondary N) is 1. The van der Waals surface area contributed by atoms with E-state index in [1.165, 1.54) is 18.4 Å². The Kier molecular flexibility index (Phi) is 4.97. The molecule has 0 aliphatic heterocycles. The van der Waals surface area contributed by atoms with Crippen molar-refractivity contribution in [2.24, 2.45) is 0 Å². The minimum atomic E-state index is -3.45. The zero-order valence-electron chi connectivity index (χ0n) is 12.3. The van der Waals surface area contributed by atoms with Crippen molar-refractivity contribution in [3.05, 3.63) is 40.8 Å². The summed E-state index contributed by atoms with van der Waals surface area (Å²) >= 11 is 1.60. The Bertz CT molecular complexity index is 682. The van der Waals surface area contributed by atoms with E-state index >= 15 is 0 Å². The van der Waals surface area contributed by atoms with Gasteiger partial charge in [-0.25, -0.2) is 17.7 Å². The molecule has 0 amide bonds. The van der Waals surface area contributed by atoms with Crippen molar-refractivity contribution in [1.29, 1.82) is 0 Å². The predicted octanol–water partition coefficient (Wildman–Crippen LogP) is 2.61. The highest BCUT2D eigenvalue weighted by molar-refractivity contribution is 7.89. The average Bonchev–Trinajstić information content (AvgIpc) is 2.99. The molecule has 0 spiro atoms. The summed E-state index contributed by atoms with van der Waals surface area (Å²) in [4.78, 5) is 4.57. The van der Waals surface area contributed by atoms with Gasteiger partial charge in [0.1, 0.15) is 4.90 Å². The number of hydrogen-bond donors (Lipinski definition) is 1. The standard InChI is InChI=1S/C14H19N3O2S2/c1-11(14-15-8-9-20-14)10-16-12-6-4-5-7-13(12)21(18,19)17(2)3/h4-9,11,16H,10H2,1-3H3. The molecule has 1 unspecified atom stereocenters. The first-order valence-corrected chi connectivity index (χ1v) is 8.89. The van der Waals surface area contributed by atoms with Gasteiger partial charge < -0.3 is 5.32 Å². The van der Waals surface area contributed by atoms with E-state index in [1.807, 2.05) is 11.4 Å². The van der Waals surface area contributed by atoms with Crippen LogP contribution in [0.15, 0.2) is 40.7 Å². The van der Waals surface area contributed by atoms with E-state index in [9.17, 15) is 8.42 Å². The van der Waals surface area contributed by atoms with Crippen LogP contribution in [0.4, 0.5) is 5.69 Å². The number of para-hydroxylation sites is 1. The normalized spacial score (nSPS) is 13.3. The predicted molar refractivity (Wildman–Crippen MR) is 86.3 cm³/mol. The molecule has 0 bridgehead atoms. The molecule has 0 fully saturated rings. The fourth-order valence-corrected chi connectivity index (χ4v) is 3.62. The van der Waals surface area contributed by atoms with E-state index in [0.717, 1.165) is 5.01 Å². The molecular formula is C14H19N3O2S2. The minimum Gasteiger partial charge on any atom is -0.383 e. The third kappa shape index (κ3) is 3.61. The maximum absolute atomic E-state index is 12.3. The summed E-state index contributed by atoms with van der Waals surface area (Å²) in [5, 5.41) is 6.20. The molecule has 5 nitrogen and oxygen atoms in total. The first kappa shape index (κ1) is 15.9. The van der Waals surface area contributed by atoms with Crippen LogP contribution in [0, 0.1) is 0 Å². The van der Waals surface area contributed by atoms with Crippen LogP contribution in [0.5, 0.6) is 0 Å². The Hall–Kier alpha value is -1.44. The number of sulfonamides is 1. The van der Waals surface area contributed by atoms with Gasteiger partial charge in [-0.15, -0.1) is 11.3 Å². The molecule has 114 valence electrons. The molecule has 1 N–H and O–H groups in total. The molecule has 0 saturated heterocycles. The molecule has 7 heteroatoms. The maximum atomic E-state index is 12.3. The van der Waals surface area contributed by atoms with Crippen LogP contribution < -0.4 is 5.32 Å². The molecule has 0 aliphatic rings. The maximum Gasteiger partial charge on any atom is 0.244 e. The number of thiazole rings is 1. The zero-order chi connectivity index (χ0) is 15.5. The van der Waals surface area contributed by atoms with Crippen molar-refractivity contribution >= 4 is 27.0 Å². The van der Waals surface area contributed by atoms with Gasteiger partial charge in [0.15, 0.2) is 0 Å². The van der Waals surface area contributed by atoms with Gasteiger partial charge in [0.2, 0.25) is 10.0 Å². The Morgan fingerprint density at radius 1 is 1.33 bits per heavy atom. The summed E-state index contributed by atoms with van der Waals surface area (Å²) in [6.07, 6.45) is 1.78. The van der Waals surface area contributed by atoms with Gasteiger partial charge in [0.05, 0.1) is 10.7 Å². The molecule has 1 aromatic heterocycles. The Morgan fingerprint density at radius 3 is 2.67 bits per heavy atom. The third-order valence-corrected chi connectivity index (χ3v) is 6.00. The van der Waals surface area contributed by atoms with Crippen LogP contribution in [0.1, 0.15) is 17.8 Å². The number of hydrogen-bond acceptors (Lipinski definition) is 5. The first-order chi connectivity index (χ1) is 9.93. The van der Waals surface area contributed by atoms with E-state index in [-0.39, 0.29) is 5.92 Å². The smallest absolute Gasteiger partial charge is 0.244 e. The van der Waals surface area contributed by atoms with Crippen molar-refractivity contribution in [3.63, 3.8) is 0 Å². The fraction of sp³-hybridized carbons (Fsp3) is 0.357. The Labute approximate surface area is 129 Å². The molecule has 0 aliphatic carbocycles. The fourth-order valence-electron chi connectivity index (χ4n) is 1.86. The van der Waals surface area contributed by atoms with E-state index < -0.39 is 10.0 Å². The van der Waals surface area contributed by atoms with E-state index in [4.69, 9.17) is 0 Å². The number of benzene rings is 1. The van der Waals surface area contributed by atoms with Gasteiger partial charge in [-0.3, -0.25) is 0 Å². The Morgan fingerprint density at radius 2 is 2.05 bits per heavy atom. The summed E-state index contributed by atoms with van der Waals surface area (Å²) in [6, 6.07) is 6.95. The molecule has 21 heavy (non-hydrogen) atoms. The zero-order valence-corrected chi connectivity index (χ0v) is 13.9. The highest BCUT2D eigenvalue weighted by atomic mass is 32.2. The molecule has 2 rings (SSSR count). The second kappa shape index (κ2) is 6.55. The summed E-state index contributed by atoms with van der Waals surface area (Å²) in [7, 11) is -0.387. The Balaban J connectivity index is 2.18. The average molecular weight is 325 g/mol. The summed E-state index contributed by atoms with van der Waals surface area (Å²) in [5.41, 5.74) is 0.620. The summed E-state index contributed by atoms with van der Waals surface area (Å²) < 4.78 is 25.8. The topological polar surface area (TPSA) is 62.3 Å². The molecule has 1 atom stereocenters. The molecule has 0 radical (unpaired) electrons. The minimum absolute atomic E-state index is 0.222. The van der Waals surface area contributed by atoms with Crippen molar-refractivity contribution < 1.29 is 8.42 Å². The van der Waals surface area contributed by atoms with Gasteiger partial charge in [-0.05, 0) is 12.1 Å². The molecular weight excluding hydrogens is 306 g/mol.